The van der Waals surface area contributed by atoms with Crippen LogP contribution >= 0.6 is 0 Å². The molecule has 0 unspecified atom stereocenters. The van der Waals surface area contributed by atoms with Gasteiger partial charge in [0.1, 0.15) is 6.04 Å². The van der Waals surface area contributed by atoms with Gasteiger partial charge >= 0.3 is 0 Å². The van der Waals surface area contributed by atoms with Gasteiger partial charge in [0.2, 0.25) is 5.91 Å². The van der Waals surface area contributed by atoms with Crippen molar-refractivity contribution < 1.29 is 4.79 Å². The van der Waals surface area contributed by atoms with Gasteiger partial charge in [-0.25, -0.2) is 0 Å². The molecule has 1 heterocycles. The number of nitrogens with zero attached hydrogens (tertiary/aromatic N) is 2. The average Bonchev–Trinajstić information content (AvgIpc) is 2.56. The second-order valence-electron chi connectivity index (χ2n) is 5.98. The van der Waals surface area contributed by atoms with Crippen molar-refractivity contribution in [2.45, 2.75) is 33.2 Å². The number of anilines is 2. The molecule has 1 aromatic heterocycles. The molecule has 23 heavy (non-hydrogen) atoms. The molecule has 2 aromatic rings. The van der Waals surface area contributed by atoms with Gasteiger partial charge < -0.3 is 10.2 Å². The summed E-state index contributed by atoms with van der Waals surface area (Å²) in [7, 11) is 0. The molecule has 122 valence electrons. The van der Waals surface area contributed by atoms with Crippen molar-refractivity contribution in [3.63, 3.8) is 0 Å². The molecule has 1 atom stereocenters. The number of pyridine rings is 1. The normalized spacial score (nSPS) is 12.0. The van der Waals surface area contributed by atoms with Gasteiger partial charge in [0, 0.05) is 30.3 Å². The predicted octanol–water partition coefficient (Wildman–Crippen LogP) is 3.96. The Morgan fingerprint density at radius 1 is 1.13 bits per heavy atom. The minimum atomic E-state index is -0.252. The molecular formula is C19H25N3O. The van der Waals surface area contributed by atoms with Gasteiger partial charge in [0.25, 0.3) is 0 Å². The van der Waals surface area contributed by atoms with E-state index < -0.39 is 0 Å². The Bertz CT molecular complexity index is 599. The van der Waals surface area contributed by atoms with Crippen LogP contribution in [-0.4, -0.2) is 23.5 Å². The molecule has 0 fully saturated rings. The highest BCUT2D eigenvalue weighted by Gasteiger charge is 2.25. The number of para-hydroxylation sites is 1. The molecule has 1 aromatic carbocycles. The van der Waals surface area contributed by atoms with E-state index in [2.05, 4.69) is 24.1 Å². The highest BCUT2D eigenvalue weighted by molar-refractivity contribution is 5.98. The van der Waals surface area contributed by atoms with Crippen molar-refractivity contribution >= 4 is 17.3 Å². The highest BCUT2D eigenvalue weighted by atomic mass is 16.2. The molecule has 0 aliphatic heterocycles. The van der Waals surface area contributed by atoms with E-state index in [1.165, 1.54) is 0 Å². The van der Waals surface area contributed by atoms with E-state index >= 15 is 0 Å². The lowest BCUT2D eigenvalue weighted by molar-refractivity contribution is -0.119. The van der Waals surface area contributed by atoms with E-state index in [-0.39, 0.29) is 11.9 Å². The van der Waals surface area contributed by atoms with Crippen LogP contribution in [0, 0.1) is 5.92 Å². The summed E-state index contributed by atoms with van der Waals surface area (Å²) in [6.45, 7) is 6.92. The number of rotatable bonds is 7. The Morgan fingerprint density at radius 3 is 2.35 bits per heavy atom. The Labute approximate surface area is 138 Å². The zero-order valence-electron chi connectivity index (χ0n) is 14.1. The fourth-order valence-corrected chi connectivity index (χ4v) is 2.60. The third-order valence-electron chi connectivity index (χ3n) is 3.68. The summed E-state index contributed by atoms with van der Waals surface area (Å²) in [4.78, 5) is 18.9. The van der Waals surface area contributed by atoms with Crippen LogP contribution in [0.5, 0.6) is 0 Å². The van der Waals surface area contributed by atoms with Gasteiger partial charge in [-0.3, -0.25) is 9.78 Å². The van der Waals surface area contributed by atoms with Gasteiger partial charge in [-0.1, -0.05) is 32.0 Å². The number of hydrogen-bond donors (Lipinski definition) is 1. The zero-order chi connectivity index (χ0) is 16.7. The largest absolute Gasteiger partial charge is 0.374 e. The molecule has 0 radical (unpaired) electrons. The highest BCUT2D eigenvalue weighted by Crippen LogP contribution is 2.19. The van der Waals surface area contributed by atoms with Crippen molar-refractivity contribution in [2.75, 3.05) is 16.8 Å². The molecular weight excluding hydrogens is 286 g/mol. The zero-order valence-corrected chi connectivity index (χ0v) is 14.1. The first-order valence-electron chi connectivity index (χ1n) is 8.14. The summed E-state index contributed by atoms with van der Waals surface area (Å²) in [5.74, 6) is 0.525. The molecule has 2 rings (SSSR count). The van der Waals surface area contributed by atoms with Crippen LogP contribution in [0.2, 0.25) is 0 Å². The lowest BCUT2D eigenvalue weighted by Crippen LogP contribution is -2.43. The van der Waals surface area contributed by atoms with Crippen LogP contribution in [0.25, 0.3) is 0 Å². The standard InChI is InChI=1S/C19H25N3O/c1-4-22(17-8-6-5-7-9-17)19(23)18(14-15(2)3)21-16-10-12-20-13-11-16/h5-13,15,18H,4,14H2,1-3H3,(H,20,21)/t18-/m0/s1. The average molecular weight is 311 g/mol. The topological polar surface area (TPSA) is 45.2 Å². The number of likely N-dealkylation sites (N-methyl/N-ethyl adjacent to an activating group) is 1. The number of amides is 1. The van der Waals surface area contributed by atoms with Gasteiger partial charge in [0.15, 0.2) is 0 Å². The second kappa shape index (κ2) is 8.32. The van der Waals surface area contributed by atoms with Crippen LogP contribution in [0.1, 0.15) is 27.2 Å². The smallest absolute Gasteiger partial charge is 0.249 e. The molecule has 0 aliphatic rings. The van der Waals surface area contributed by atoms with Crippen molar-refractivity contribution in [3.8, 4) is 0 Å². The van der Waals surface area contributed by atoms with Crippen LogP contribution in [0.4, 0.5) is 11.4 Å². The fourth-order valence-electron chi connectivity index (χ4n) is 2.60. The number of hydrogen-bond acceptors (Lipinski definition) is 3. The number of aromatic nitrogens is 1. The quantitative estimate of drug-likeness (QED) is 0.842. The van der Waals surface area contributed by atoms with Crippen molar-refractivity contribution in [1.82, 2.24) is 4.98 Å². The van der Waals surface area contributed by atoms with E-state index in [4.69, 9.17) is 0 Å². The van der Waals surface area contributed by atoms with E-state index in [0.29, 0.717) is 12.5 Å². The minimum Gasteiger partial charge on any atom is -0.374 e. The first kappa shape index (κ1) is 17.0. The minimum absolute atomic E-state index is 0.101. The molecule has 4 nitrogen and oxygen atoms in total. The molecule has 1 amide bonds. The first-order chi connectivity index (χ1) is 11.1. The van der Waals surface area contributed by atoms with Crippen molar-refractivity contribution in [2.24, 2.45) is 5.92 Å². The summed E-state index contributed by atoms with van der Waals surface area (Å²) in [6, 6.07) is 13.3. The van der Waals surface area contributed by atoms with Crippen LogP contribution in [0.3, 0.4) is 0 Å². The third kappa shape index (κ3) is 4.81. The molecule has 0 saturated heterocycles. The SMILES string of the molecule is CCN(C(=O)[C@H](CC(C)C)Nc1ccncc1)c1ccccc1. The maximum atomic E-state index is 13.1. The van der Waals surface area contributed by atoms with Crippen LogP contribution in [-0.2, 0) is 4.79 Å². The van der Waals surface area contributed by atoms with Crippen molar-refractivity contribution in [3.05, 3.63) is 54.9 Å². The first-order valence-corrected chi connectivity index (χ1v) is 8.14. The Morgan fingerprint density at radius 2 is 1.78 bits per heavy atom. The predicted molar refractivity (Wildman–Crippen MR) is 95.6 cm³/mol. The molecule has 0 aliphatic carbocycles. The monoisotopic (exact) mass is 311 g/mol. The second-order valence-corrected chi connectivity index (χ2v) is 5.98. The molecule has 1 N–H and O–H groups in total. The van der Waals surface area contributed by atoms with Gasteiger partial charge in [0.05, 0.1) is 0 Å². The van der Waals surface area contributed by atoms with E-state index in [0.717, 1.165) is 17.8 Å². The number of carbonyl (C=O) groups excluding carboxylic acids is 1. The van der Waals surface area contributed by atoms with Gasteiger partial charge in [-0.2, -0.15) is 0 Å². The summed E-state index contributed by atoms with van der Waals surface area (Å²) >= 11 is 0. The molecule has 0 spiro atoms. The van der Waals surface area contributed by atoms with E-state index in [1.807, 2.05) is 54.3 Å². The summed E-state index contributed by atoms with van der Waals surface area (Å²) in [5, 5.41) is 3.36. The number of nitrogens with one attached hydrogen (secondary N) is 1. The summed E-state index contributed by atoms with van der Waals surface area (Å²) < 4.78 is 0. The van der Waals surface area contributed by atoms with E-state index in [1.54, 1.807) is 12.4 Å². The van der Waals surface area contributed by atoms with Gasteiger partial charge in [-0.05, 0) is 43.5 Å². The van der Waals surface area contributed by atoms with Crippen LogP contribution in [0.15, 0.2) is 54.9 Å². The lowest BCUT2D eigenvalue weighted by Gasteiger charge is -2.28. The Balaban J connectivity index is 2.21. The fraction of sp³-hybridized carbons (Fsp3) is 0.368. The summed E-state index contributed by atoms with van der Waals surface area (Å²) in [6.07, 6.45) is 4.24. The van der Waals surface area contributed by atoms with Gasteiger partial charge in [-0.15, -0.1) is 0 Å². The Hall–Kier alpha value is -2.36. The van der Waals surface area contributed by atoms with Crippen LogP contribution < -0.4 is 10.2 Å². The third-order valence-corrected chi connectivity index (χ3v) is 3.68. The summed E-state index contributed by atoms with van der Waals surface area (Å²) in [5.41, 5.74) is 1.85. The Kier molecular flexibility index (Phi) is 6.15. The number of benzene rings is 1. The van der Waals surface area contributed by atoms with E-state index in [9.17, 15) is 4.79 Å². The van der Waals surface area contributed by atoms with Crippen molar-refractivity contribution in [1.29, 1.82) is 0 Å². The number of carbonyl (C=O) groups is 1. The molecule has 0 saturated carbocycles. The lowest BCUT2D eigenvalue weighted by atomic mass is 10.0. The molecule has 4 heteroatoms. The maximum Gasteiger partial charge on any atom is 0.249 e. The molecule has 0 bridgehead atoms. The maximum absolute atomic E-state index is 13.1.